The molecule has 2 fully saturated rings. The van der Waals surface area contributed by atoms with Crippen LogP contribution in [0.15, 0.2) is 24.5 Å². The Labute approximate surface area is 200 Å². The highest BCUT2D eigenvalue weighted by Gasteiger charge is 2.41. The average molecular weight is 481 g/mol. The standard InChI is InChI=1S/C24H26F2N8O/c1-12-29-20-4-3-19(31-23(20)34(12)11-21(25)26)17-7-27-22-18(17)8-28-24(32-22)30-16-5-14-9-33(13(2)35)10-15(14)6-16/h3-4,7-8,14-16,21H,5-6,9-11H2,1-2H3,(H2,27,28,30,32)/t14-,15+,16?. The van der Waals surface area contributed by atoms with Crippen molar-refractivity contribution in [3.8, 4) is 11.3 Å². The monoisotopic (exact) mass is 480 g/mol. The number of pyridine rings is 1. The van der Waals surface area contributed by atoms with Crippen molar-refractivity contribution in [3.05, 3.63) is 30.4 Å². The number of aromatic nitrogens is 6. The summed E-state index contributed by atoms with van der Waals surface area (Å²) in [7, 11) is 0. The van der Waals surface area contributed by atoms with E-state index in [1.807, 2.05) is 17.2 Å². The van der Waals surface area contributed by atoms with Gasteiger partial charge in [-0.25, -0.2) is 23.7 Å². The predicted octanol–water partition coefficient (Wildman–Crippen LogP) is 3.61. The number of alkyl halides is 2. The Bertz CT molecular complexity index is 1420. The van der Waals surface area contributed by atoms with Crippen LogP contribution in [0.4, 0.5) is 14.7 Å². The molecule has 1 amide bonds. The van der Waals surface area contributed by atoms with Crippen LogP contribution in [-0.2, 0) is 11.3 Å². The van der Waals surface area contributed by atoms with Crippen molar-refractivity contribution >= 4 is 34.1 Å². The van der Waals surface area contributed by atoms with Crippen LogP contribution in [0.2, 0.25) is 0 Å². The van der Waals surface area contributed by atoms with Gasteiger partial charge in [0.05, 0.1) is 12.2 Å². The molecule has 1 aliphatic carbocycles. The van der Waals surface area contributed by atoms with E-state index in [1.54, 1.807) is 26.1 Å². The number of anilines is 1. The molecule has 2 aliphatic rings. The minimum absolute atomic E-state index is 0.155. The van der Waals surface area contributed by atoms with Crippen LogP contribution in [0.1, 0.15) is 25.6 Å². The number of H-pyrrole nitrogens is 1. The first-order valence-electron chi connectivity index (χ1n) is 11.8. The zero-order chi connectivity index (χ0) is 24.3. The third-order valence-corrected chi connectivity index (χ3v) is 7.34. The van der Waals surface area contributed by atoms with Crippen LogP contribution in [0.25, 0.3) is 33.5 Å². The van der Waals surface area contributed by atoms with Gasteiger partial charge in [0.15, 0.2) is 5.65 Å². The van der Waals surface area contributed by atoms with Crippen LogP contribution in [0, 0.1) is 18.8 Å². The minimum atomic E-state index is -2.49. The van der Waals surface area contributed by atoms with E-state index >= 15 is 0 Å². The number of fused-ring (bicyclic) bond motifs is 3. The van der Waals surface area contributed by atoms with Crippen LogP contribution in [-0.4, -0.2) is 65.9 Å². The molecule has 0 radical (unpaired) electrons. The molecule has 0 aromatic carbocycles. The van der Waals surface area contributed by atoms with Crippen molar-refractivity contribution in [1.29, 1.82) is 0 Å². The summed E-state index contributed by atoms with van der Waals surface area (Å²) in [5.74, 6) is 2.28. The number of halogens is 2. The summed E-state index contributed by atoms with van der Waals surface area (Å²) in [6.07, 6.45) is 3.09. The number of carbonyl (C=O) groups is 1. The number of hydrogen-bond donors (Lipinski definition) is 2. The molecular formula is C24H26F2N8O. The minimum Gasteiger partial charge on any atom is -0.351 e. The summed E-state index contributed by atoms with van der Waals surface area (Å²) in [6, 6.07) is 3.91. The van der Waals surface area contributed by atoms with Gasteiger partial charge >= 0.3 is 0 Å². The van der Waals surface area contributed by atoms with Crippen LogP contribution in [0.5, 0.6) is 0 Å². The molecule has 1 aliphatic heterocycles. The largest absolute Gasteiger partial charge is 0.351 e. The number of amides is 1. The third kappa shape index (κ3) is 3.88. The van der Waals surface area contributed by atoms with Gasteiger partial charge in [-0.3, -0.25) is 4.79 Å². The summed E-state index contributed by atoms with van der Waals surface area (Å²) in [5.41, 5.74) is 3.14. The van der Waals surface area contributed by atoms with Gasteiger partial charge in [-0.1, -0.05) is 0 Å². The maximum atomic E-state index is 13.1. The molecule has 0 spiro atoms. The maximum Gasteiger partial charge on any atom is 0.256 e. The molecule has 6 rings (SSSR count). The molecule has 2 N–H and O–H groups in total. The fourth-order valence-corrected chi connectivity index (χ4v) is 5.67. The highest BCUT2D eigenvalue weighted by atomic mass is 19.3. The number of imidazole rings is 1. The Balaban J connectivity index is 1.23. The summed E-state index contributed by atoms with van der Waals surface area (Å²) in [5, 5.41) is 4.27. The second-order valence-corrected chi connectivity index (χ2v) is 9.61. The van der Waals surface area contributed by atoms with E-state index in [4.69, 9.17) is 0 Å². The van der Waals surface area contributed by atoms with Gasteiger partial charge in [-0.15, -0.1) is 0 Å². The number of rotatable bonds is 5. The molecule has 4 aromatic rings. The first kappa shape index (κ1) is 21.9. The van der Waals surface area contributed by atoms with Gasteiger partial charge in [-0.05, 0) is 43.7 Å². The SMILES string of the molecule is CC(=O)N1C[C@H]2CC(Nc3ncc4c(-c5ccc6nc(C)n(CC(F)F)c6n5)c[nH]c4n3)C[C@H]2C1. The lowest BCUT2D eigenvalue weighted by Gasteiger charge is -2.18. The molecule has 4 aromatic heterocycles. The molecular weight excluding hydrogens is 454 g/mol. The van der Waals surface area contributed by atoms with Gasteiger partial charge in [0, 0.05) is 49.4 Å². The Morgan fingerprint density at radius 2 is 1.97 bits per heavy atom. The van der Waals surface area contributed by atoms with Crippen molar-refractivity contribution in [3.63, 3.8) is 0 Å². The smallest absolute Gasteiger partial charge is 0.256 e. The van der Waals surface area contributed by atoms with E-state index < -0.39 is 13.0 Å². The lowest BCUT2D eigenvalue weighted by atomic mass is 10.0. The van der Waals surface area contributed by atoms with E-state index in [1.165, 1.54) is 4.57 Å². The number of likely N-dealkylation sites (tertiary alicyclic amines) is 1. The van der Waals surface area contributed by atoms with E-state index in [9.17, 15) is 13.6 Å². The lowest BCUT2D eigenvalue weighted by molar-refractivity contribution is -0.128. The normalized spacial score (nSPS) is 22.0. The molecule has 1 saturated carbocycles. The Morgan fingerprint density at radius 3 is 2.69 bits per heavy atom. The molecule has 0 bridgehead atoms. The Morgan fingerprint density at radius 1 is 1.20 bits per heavy atom. The number of carbonyl (C=O) groups excluding carboxylic acids is 1. The maximum absolute atomic E-state index is 13.1. The van der Waals surface area contributed by atoms with E-state index in [-0.39, 0.29) is 11.9 Å². The molecule has 9 nitrogen and oxygen atoms in total. The van der Waals surface area contributed by atoms with E-state index in [2.05, 4.69) is 30.2 Å². The molecule has 35 heavy (non-hydrogen) atoms. The van der Waals surface area contributed by atoms with E-state index in [0.29, 0.717) is 46.1 Å². The van der Waals surface area contributed by atoms with Crippen molar-refractivity contribution < 1.29 is 13.6 Å². The Kier molecular flexibility index (Phi) is 5.15. The van der Waals surface area contributed by atoms with Gasteiger partial charge in [0.25, 0.3) is 6.43 Å². The molecule has 182 valence electrons. The Hall–Kier alpha value is -3.63. The topological polar surface area (TPSA) is 105 Å². The first-order valence-corrected chi connectivity index (χ1v) is 11.8. The lowest BCUT2D eigenvalue weighted by Crippen LogP contribution is -2.29. The van der Waals surface area contributed by atoms with Crippen LogP contribution >= 0.6 is 0 Å². The highest BCUT2D eigenvalue weighted by Crippen LogP contribution is 2.39. The third-order valence-electron chi connectivity index (χ3n) is 7.34. The van der Waals surface area contributed by atoms with Crippen molar-refractivity contribution in [1.82, 2.24) is 34.4 Å². The zero-order valence-electron chi connectivity index (χ0n) is 19.5. The van der Waals surface area contributed by atoms with Crippen molar-refractivity contribution in [2.75, 3.05) is 18.4 Å². The summed E-state index contributed by atoms with van der Waals surface area (Å²) in [6.45, 7) is 4.57. The predicted molar refractivity (Wildman–Crippen MR) is 127 cm³/mol. The van der Waals surface area contributed by atoms with Gasteiger partial charge in [0.1, 0.15) is 17.0 Å². The van der Waals surface area contributed by atoms with Gasteiger partial charge in [-0.2, -0.15) is 4.98 Å². The molecule has 11 heteroatoms. The highest BCUT2D eigenvalue weighted by molar-refractivity contribution is 5.93. The number of aromatic amines is 1. The second kappa shape index (κ2) is 8.24. The van der Waals surface area contributed by atoms with E-state index in [0.717, 1.165) is 36.9 Å². The quantitative estimate of drug-likeness (QED) is 0.452. The molecule has 1 unspecified atom stereocenters. The number of nitrogens with one attached hydrogen (secondary N) is 2. The fourth-order valence-electron chi connectivity index (χ4n) is 5.67. The van der Waals surface area contributed by atoms with Crippen molar-refractivity contribution in [2.24, 2.45) is 11.8 Å². The van der Waals surface area contributed by atoms with Crippen molar-refractivity contribution in [2.45, 2.75) is 45.7 Å². The summed E-state index contributed by atoms with van der Waals surface area (Å²) < 4.78 is 27.6. The second-order valence-electron chi connectivity index (χ2n) is 9.61. The van der Waals surface area contributed by atoms with Gasteiger partial charge < -0.3 is 19.8 Å². The van der Waals surface area contributed by atoms with Gasteiger partial charge in [0.2, 0.25) is 11.9 Å². The fraction of sp³-hybridized carbons (Fsp3) is 0.458. The van der Waals surface area contributed by atoms with Crippen LogP contribution in [0.3, 0.4) is 0 Å². The number of hydrogen-bond acceptors (Lipinski definition) is 6. The average Bonchev–Trinajstić information content (AvgIpc) is 3.55. The first-order chi connectivity index (χ1) is 16.9. The summed E-state index contributed by atoms with van der Waals surface area (Å²) >= 11 is 0. The molecule has 5 heterocycles. The van der Waals surface area contributed by atoms with Crippen LogP contribution < -0.4 is 5.32 Å². The number of nitrogens with zero attached hydrogens (tertiary/aromatic N) is 6. The summed E-state index contributed by atoms with van der Waals surface area (Å²) in [4.78, 5) is 35.0. The molecule has 3 atom stereocenters. The molecule has 1 saturated heterocycles. The number of aryl methyl sites for hydroxylation is 1. The zero-order valence-corrected chi connectivity index (χ0v) is 19.5.